The Hall–Kier alpha value is -3.24. The summed E-state index contributed by atoms with van der Waals surface area (Å²) < 4.78 is 37.9. The first kappa shape index (κ1) is 21.5. The molecule has 0 radical (unpaired) electrons. The second-order valence-electron chi connectivity index (χ2n) is 6.40. The summed E-state index contributed by atoms with van der Waals surface area (Å²) in [7, 11) is 6.40. The zero-order chi connectivity index (χ0) is 21.3. The van der Waals surface area contributed by atoms with Crippen LogP contribution in [0, 0.1) is 11.8 Å². The number of fused-ring (bicyclic) bond motifs is 1. The van der Waals surface area contributed by atoms with E-state index in [9.17, 15) is 0 Å². The van der Waals surface area contributed by atoms with E-state index in [2.05, 4.69) is 11.8 Å². The maximum absolute atomic E-state index is 5.64. The largest absolute Gasteiger partial charge is 0.493 e. The summed E-state index contributed by atoms with van der Waals surface area (Å²) in [6, 6.07) is 7.57. The Labute approximate surface area is 176 Å². The van der Waals surface area contributed by atoms with Gasteiger partial charge in [0.2, 0.25) is 18.3 Å². The summed E-state index contributed by atoms with van der Waals surface area (Å²) in [5.41, 5.74) is 1.88. The van der Waals surface area contributed by atoms with Gasteiger partial charge in [-0.1, -0.05) is 11.8 Å². The Bertz CT molecular complexity index is 902. The van der Waals surface area contributed by atoms with Crippen molar-refractivity contribution in [1.82, 2.24) is 0 Å². The van der Waals surface area contributed by atoms with E-state index in [1.165, 1.54) is 0 Å². The molecule has 0 saturated heterocycles. The lowest BCUT2D eigenvalue weighted by molar-refractivity contribution is 0.164. The van der Waals surface area contributed by atoms with Gasteiger partial charge in [-0.3, -0.25) is 0 Å². The molecule has 30 heavy (non-hydrogen) atoms. The highest BCUT2D eigenvalue weighted by atomic mass is 16.7. The molecule has 0 amide bonds. The van der Waals surface area contributed by atoms with Gasteiger partial charge in [0.25, 0.3) is 0 Å². The van der Waals surface area contributed by atoms with Crippen molar-refractivity contribution in [3.05, 3.63) is 35.4 Å². The molecule has 7 nitrogen and oxygen atoms in total. The molecule has 0 spiro atoms. The van der Waals surface area contributed by atoms with Crippen LogP contribution in [-0.2, 0) is 11.2 Å². The van der Waals surface area contributed by atoms with Gasteiger partial charge in [0, 0.05) is 18.2 Å². The minimum Gasteiger partial charge on any atom is -0.493 e. The summed E-state index contributed by atoms with van der Waals surface area (Å²) in [6.07, 6.45) is 1.67. The van der Waals surface area contributed by atoms with Crippen LogP contribution < -0.4 is 28.4 Å². The van der Waals surface area contributed by atoms with Crippen LogP contribution in [-0.4, -0.2) is 48.4 Å². The normalized spacial score (nSPS) is 11.5. The van der Waals surface area contributed by atoms with Crippen molar-refractivity contribution in [3.8, 4) is 46.3 Å². The van der Waals surface area contributed by atoms with E-state index in [-0.39, 0.29) is 6.79 Å². The standard InChI is InChI=1S/C23H26O7/c1-24-18-11-16(12-19(25-2)22(18)27-4)7-5-9-28-10-6-8-17-13-20(26-3)23-21(14-17)29-15-30-23/h11-14H,5,7,9-10,15H2,1-4H3. The van der Waals surface area contributed by atoms with E-state index in [0.29, 0.717) is 47.7 Å². The molecule has 0 atom stereocenters. The minimum absolute atomic E-state index is 0.192. The van der Waals surface area contributed by atoms with E-state index in [4.69, 9.17) is 33.2 Å². The molecule has 0 unspecified atom stereocenters. The van der Waals surface area contributed by atoms with Gasteiger partial charge in [-0.15, -0.1) is 0 Å². The van der Waals surface area contributed by atoms with Gasteiger partial charge in [0.05, 0.1) is 28.4 Å². The highest BCUT2D eigenvalue weighted by Crippen LogP contribution is 2.41. The summed E-state index contributed by atoms with van der Waals surface area (Å²) >= 11 is 0. The fourth-order valence-electron chi connectivity index (χ4n) is 3.12. The lowest BCUT2D eigenvalue weighted by Gasteiger charge is -2.14. The van der Waals surface area contributed by atoms with Crippen LogP contribution in [0.2, 0.25) is 0 Å². The molecule has 1 aliphatic heterocycles. The topological polar surface area (TPSA) is 64.6 Å². The molecule has 2 aromatic rings. The third-order valence-electron chi connectivity index (χ3n) is 4.54. The maximum Gasteiger partial charge on any atom is 0.231 e. The van der Waals surface area contributed by atoms with E-state index in [1.807, 2.05) is 24.3 Å². The Balaban J connectivity index is 1.48. The van der Waals surface area contributed by atoms with Gasteiger partial charge < -0.3 is 33.2 Å². The van der Waals surface area contributed by atoms with E-state index in [0.717, 1.165) is 24.0 Å². The number of hydrogen-bond donors (Lipinski definition) is 0. The number of benzene rings is 2. The first-order valence-electron chi connectivity index (χ1n) is 9.53. The van der Waals surface area contributed by atoms with E-state index in [1.54, 1.807) is 28.4 Å². The molecule has 1 aliphatic rings. The van der Waals surface area contributed by atoms with Gasteiger partial charge in [-0.25, -0.2) is 0 Å². The predicted molar refractivity (Wildman–Crippen MR) is 111 cm³/mol. The summed E-state index contributed by atoms with van der Waals surface area (Å²) in [5, 5.41) is 0. The first-order chi connectivity index (χ1) is 14.7. The predicted octanol–water partition coefficient (Wildman–Crippen LogP) is 3.45. The highest BCUT2D eigenvalue weighted by Gasteiger charge is 2.19. The van der Waals surface area contributed by atoms with E-state index >= 15 is 0 Å². The fourth-order valence-corrected chi connectivity index (χ4v) is 3.12. The number of methoxy groups -OCH3 is 4. The molecule has 1 heterocycles. The van der Waals surface area contributed by atoms with Crippen molar-refractivity contribution in [1.29, 1.82) is 0 Å². The van der Waals surface area contributed by atoms with Crippen molar-refractivity contribution in [2.45, 2.75) is 12.8 Å². The third-order valence-corrected chi connectivity index (χ3v) is 4.54. The Morgan fingerprint density at radius 2 is 1.60 bits per heavy atom. The zero-order valence-corrected chi connectivity index (χ0v) is 17.7. The molecule has 0 saturated carbocycles. The van der Waals surface area contributed by atoms with Crippen LogP contribution in [0.25, 0.3) is 0 Å². The molecular formula is C23H26O7. The molecule has 0 aliphatic carbocycles. The lowest BCUT2D eigenvalue weighted by Crippen LogP contribution is -2.00. The van der Waals surface area contributed by atoms with Gasteiger partial charge in [-0.05, 0) is 36.6 Å². The molecule has 0 N–H and O–H groups in total. The number of aryl methyl sites for hydroxylation is 1. The molecule has 2 aromatic carbocycles. The van der Waals surface area contributed by atoms with Crippen LogP contribution in [0.5, 0.6) is 34.5 Å². The van der Waals surface area contributed by atoms with Crippen molar-refractivity contribution in [2.75, 3.05) is 48.4 Å². The van der Waals surface area contributed by atoms with Crippen LogP contribution in [0.3, 0.4) is 0 Å². The highest BCUT2D eigenvalue weighted by molar-refractivity contribution is 5.58. The molecule has 7 heteroatoms. The quantitative estimate of drug-likeness (QED) is 0.460. The second kappa shape index (κ2) is 10.5. The Morgan fingerprint density at radius 1 is 0.867 bits per heavy atom. The summed E-state index contributed by atoms with van der Waals surface area (Å²) in [4.78, 5) is 0. The average Bonchev–Trinajstić information content (AvgIpc) is 3.25. The first-order valence-corrected chi connectivity index (χ1v) is 9.53. The molecule has 0 aromatic heterocycles. The van der Waals surface area contributed by atoms with Crippen LogP contribution in [0.4, 0.5) is 0 Å². The molecule has 160 valence electrons. The van der Waals surface area contributed by atoms with Gasteiger partial charge in [0.1, 0.15) is 6.61 Å². The third kappa shape index (κ3) is 5.02. The monoisotopic (exact) mass is 414 g/mol. The van der Waals surface area contributed by atoms with Crippen molar-refractivity contribution >= 4 is 0 Å². The summed E-state index contributed by atoms with van der Waals surface area (Å²) in [6.45, 7) is 1.12. The van der Waals surface area contributed by atoms with Gasteiger partial charge >= 0.3 is 0 Å². The molecule has 3 rings (SSSR count). The fraction of sp³-hybridized carbons (Fsp3) is 0.391. The van der Waals surface area contributed by atoms with Crippen molar-refractivity contribution in [3.63, 3.8) is 0 Å². The molecule has 0 fully saturated rings. The summed E-state index contributed by atoms with van der Waals surface area (Å²) in [5.74, 6) is 9.84. The Kier molecular flexibility index (Phi) is 7.52. The maximum atomic E-state index is 5.64. The Morgan fingerprint density at radius 3 is 2.27 bits per heavy atom. The van der Waals surface area contributed by atoms with Gasteiger partial charge in [0.15, 0.2) is 23.0 Å². The number of ether oxygens (including phenoxy) is 7. The van der Waals surface area contributed by atoms with Crippen LogP contribution >= 0.6 is 0 Å². The minimum atomic E-state index is 0.192. The average molecular weight is 414 g/mol. The second-order valence-corrected chi connectivity index (χ2v) is 6.40. The van der Waals surface area contributed by atoms with E-state index < -0.39 is 0 Å². The number of hydrogen-bond acceptors (Lipinski definition) is 7. The number of rotatable bonds is 9. The van der Waals surface area contributed by atoms with Crippen molar-refractivity contribution in [2.24, 2.45) is 0 Å². The van der Waals surface area contributed by atoms with Crippen LogP contribution in [0.1, 0.15) is 17.5 Å². The lowest BCUT2D eigenvalue weighted by atomic mass is 10.1. The molecule has 0 bridgehead atoms. The van der Waals surface area contributed by atoms with Gasteiger partial charge in [-0.2, -0.15) is 0 Å². The van der Waals surface area contributed by atoms with Crippen molar-refractivity contribution < 1.29 is 33.2 Å². The smallest absolute Gasteiger partial charge is 0.231 e. The SMILES string of the molecule is COc1cc(CCCOCC#Cc2cc(OC)c3c(c2)OCO3)cc(OC)c1OC. The molecular weight excluding hydrogens is 388 g/mol. The zero-order valence-electron chi connectivity index (χ0n) is 17.7. The van der Waals surface area contributed by atoms with Crippen LogP contribution in [0.15, 0.2) is 24.3 Å².